The van der Waals surface area contributed by atoms with Crippen molar-refractivity contribution in [2.45, 2.75) is 36.7 Å². The predicted octanol–water partition coefficient (Wildman–Crippen LogP) is 4.40. The number of fused-ring (bicyclic) bond motifs is 4. The van der Waals surface area contributed by atoms with Crippen molar-refractivity contribution < 1.29 is 4.79 Å². The molecule has 0 aliphatic carbocycles. The molecule has 1 aliphatic rings. The maximum absolute atomic E-state index is 13.2. The van der Waals surface area contributed by atoms with Crippen LogP contribution in [-0.2, 0) is 11.2 Å². The normalized spacial score (nSPS) is 17.6. The average Bonchev–Trinajstić information content (AvgIpc) is 3.32. The van der Waals surface area contributed by atoms with Crippen LogP contribution in [0.3, 0.4) is 0 Å². The van der Waals surface area contributed by atoms with Crippen LogP contribution in [0.1, 0.15) is 19.4 Å². The van der Waals surface area contributed by atoms with Gasteiger partial charge in [-0.2, -0.15) is 0 Å². The van der Waals surface area contributed by atoms with Crippen LogP contribution in [0.15, 0.2) is 53.7 Å². The first-order valence-corrected chi connectivity index (χ1v) is 10.6. The minimum absolute atomic E-state index is 0.119. The lowest BCUT2D eigenvalue weighted by Crippen LogP contribution is -2.40. The van der Waals surface area contributed by atoms with Gasteiger partial charge in [0, 0.05) is 11.7 Å². The van der Waals surface area contributed by atoms with Crippen molar-refractivity contribution >= 4 is 49.9 Å². The lowest BCUT2D eigenvalue weighted by molar-refractivity contribution is -0.118. The zero-order valence-electron chi connectivity index (χ0n) is 15.0. The van der Waals surface area contributed by atoms with Crippen molar-refractivity contribution in [1.29, 1.82) is 0 Å². The Kier molecular flexibility index (Phi) is 3.94. The number of benzene rings is 2. The third-order valence-corrected chi connectivity index (χ3v) is 7.03. The summed E-state index contributed by atoms with van der Waals surface area (Å²) in [4.78, 5) is 16.0. The molecule has 5 rings (SSSR count). The van der Waals surface area contributed by atoms with E-state index in [0.29, 0.717) is 0 Å². The van der Waals surface area contributed by atoms with E-state index in [2.05, 4.69) is 39.7 Å². The summed E-state index contributed by atoms with van der Waals surface area (Å²) in [5.74, 6) is 0.119. The van der Waals surface area contributed by atoms with Gasteiger partial charge in [0.15, 0.2) is 5.16 Å². The zero-order valence-corrected chi connectivity index (χ0v) is 16.6. The minimum atomic E-state index is -0.246. The Bertz CT molecular complexity index is 1170. The first-order chi connectivity index (χ1) is 13.1. The second-order valence-electron chi connectivity index (χ2n) is 6.82. The summed E-state index contributed by atoms with van der Waals surface area (Å²) in [7, 11) is 0. The number of carbonyl (C=O) groups is 1. The number of hydrogen-bond donors (Lipinski definition) is 0. The van der Waals surface area contributed by atoms with Crippen molar-refractivity contribution in [2.24, 2.45) is 0 Å². The van der Waals surface area contributed by atoms with Crippen molar-refractivity contribution in [3.63, 3.8) is 0 Å². The monoisotopic (exact) mass is 394 g/mol. The molecule has 0 saturated carbocycles. The summed E-state index contributed by atoms with van der Waals surface area (Å²) in [6, 6.07) is 16.5. The van der Waals surface area contributed by atoms with Crippen LogP contribution in [-0.4, -0.2) is 31.8 Å². The SMILES string of the molecule is C[C@H](Sc1nnc2sc3ccccc3n12)C(=O)N1c2ccccc2C[C@H]1C. The number of nitrogens with zero attached hydrogens (tertiary/aromatic N) is 4. The molecule has 0 N–H and O–H groups in total. The van der Waals surface area contributed by atoms with Crippen LogP contribution in [0, 0.1) is 0 Å². The number of thioether (sulfide) groups is 1. The largest absolute Gasteiger partial charge is 0.308 e. The van der Waals surface area contributed by atoms with Crippen LogP contribution in [0.4, 0.5) is 5.69 Å². The summed E-state index contributed by atoms with van der Waals surface area (Å²) in [6.07, 6.45) is 0.906. The molecule has 27 heavy (non-hydrogen) atoms. The summed E-state index contributed by atoms with van der Waals surface area (Å²) >= 11 is 3.09. The van der Waals surface area contributed by atoms with Crippen molar-refractivity contribution in [2.75, 3.05) is 4.90 Å². The highest BCUT2D eigenvalue weighted by atomic mass is 32.2. The average molecular weight is 395 g/mol. The highest BCUT2D eigenvalue weighted by Gasteiger charge is 2.34. The van der Waals surface area contributed by atoms with Gasteiger partial charge >= 0.3 is 0 Å². The fourth-order valence-electron chi connectivity index (χ4n) is 3.74. The van der Waals surface area contributed by atoms with E-state index >= 15 is 0 Å². The first kappa shape index (κ1) is 16.8. The van der Waals surface area contributed by atoms with Gasteiger partial charge < -0.3 is 4.90 Å². The van der Waals surface area contributed by atoms with E-state index in [-0.39, 0.29) is 17.2 Å². The Labute approximate surface area is 165 Å². The molecule has 7 heteroatoms. The molecular weight excluding hydrogens is 376 g/mol. The highest BCUT2D eigenvalue weighted by molar-refractivity contribution is 8.00. The second-order valence-corrected chi connectivity index (χ2v) is 9.14. The molecule has 2 aromatic carbocycles. The molecule has 136 valence electrons. The number of carbonyl (C=O) groups excluding carboxylic acids is 1. The van der Waals surface area contributed by atoms with Gasteiger partial charge in [0.1, 0.15) is 0 Å². The molecule has 1 aliphatic heterocycles. The van der Waals surface area contributed by atoms with E-state index in [4.69, 9.17) is 0 Å². The summed E-state index contributed by atoms with van der Waals surface area (Å²) < 4.78 is 3.22. The molecule has 0 radical (unpaired) electrons. The van der Waals surface area contributed by atoms with Crippen LogP contribution in [0.25, 0.3) is 15.2 Å². The Morgan fingerprint density at radius 2 is 1.96 bits per heavy atom. The molecule has 0 fully saturated rings. The molecular formula is C20H18N4OS2. The Morgan fingerprint density at radius 3 is 2.85 bits per heavy atom. The number of rotatable bonds is 3. The fourth-order valence-corrected chi connectivity index (χ4v) is 5.67. The maximum Gasteiger partial charge on any atom is 0.240 e. The number of hydrogen-bond acceptors (Lipinski definition) is 5. The zero-order chi connectivity index (χ0) is 18.5. The fraction of sp³-hybridized carbons (Fsp3) is 0.250. The Balaban J connectivity index is 1.46. The van der Waals surface area contributed by atoms with Gasteiger partial charge in [-0.15, -0.1) is 10.2 Å². The molecule has 5 nitrogen and oxygen atoms in total. The molecule has 0 unspecified atom stereocenters. The molecule has 0 spiro atoms. The van der Waals surface area contributed by atoms with Crippen molar-refractivity contribution in [3.05, 3.63) is 54.1 Å². The highest BCUT2D eigenvalue weighted by Crippen LogP contribution is 2.36. The summed E-state index contributed by atoms with van der Waals surface area (Å²) in [5, 5.41) is 9.16. The van der Waals surface area contributed by atoms with Gasteiger partial charge in [-0.1, -0.05) is 53.4 Å². The molecule has 0 bridgehead atoms. The molecule has 2 aromatic heterocycles. The number of amides is 1. The van der Waals surface area contributed by atoms with E-state index in [1.54, 1.807) is 11.3 Å². The van der Waals surface area contributed by atoms with E-state index in [9.17, 15) is 4.79 Å². The Morgan fingerprint density at radius 1 is 1.19 bits per heavy atom. The van der Waals surface area contributed by atoms with Crippen LogP contribution < -0.4 is 4.90 Å². The first-order valence-electron chi connectivity index (χ1n) is 8.94. The summed E-state index contributed by atoms with van der Waals surface area (Å²) in [5.41, 5.74) is 3.36. The Hall–Kier alpha value is -2.38. The van der Waals surface area contributed by atoms with Crippen molar-refractivity contribution in [1.82, 2.24) is 14.6 Å². The van der Waals surface area contributed by atoms with Crippen LogP contribution in [0.5, 0.6) is 0 Å². The number of thiazole rings is 1. The van der Waals surface area contributed by atoms with Gasteiger partial charge in [0.05, 0.1) is 15.5 Å². The van der Waals surface area contributed by atoms with E-state index < -0.39 is 0 Å². The second kappa shape index (κ2) is 6.35. The lowest BCUT2D eigenvalue weighted by Gasteiger charge is -2.25. The summed E-state index contributed by atoms with van der Waals surface area (Å²) in [6.45, 7) is 4.06. The third kappa shape index (κ3) is 2.64. The maximum atomic E-state index is 13.2. The van der Waals surface area contributed by atoms with Crippen molar-refractivity contribution in [3.8, 4) is 0 Å². The molecule has 0 saturated heterocycles. The molecule has 1 amide bonds. The van der Waals surface area contributed by atoms with Gasteiger partial charge in [0.25, 0.3) is 0 Å². The molecule has 3 heterocycles. The smallest absolute Gasteiger partial charge is 0.240 e. The van der Waals surface area contributed by atoms with E-state index in [0.717, 1.165) is 27.7 Å². The van der Waals surface area contributed by atoms with Crippen LogP contribution >= 0.6 is 23.1 Å². The van der Waals surface area contributed by atoms with Gasteiger partial charge in [-0.25, -0.2) is 0 Å². The standard InChI is InChI=1S/C20H18N4OS2/c1-12-11-14-7-3-4-8-15(14)23(12)18(25)13(2)26-19-21-22-20-24(19)16-9-5-6-10-17(16)27-20/h3-10,12-13H,11H2,1-2H3/t12-,13+/m1/s1. The lowest BCUT2D eigenvalue weighted by atomic mass is 10.1. The number of para-hydroxylation sites is 2. The van der Waals surface area contributed by atoms with Gasteiger partial charge in [-0.3, -0.25) is 9.20 Å². The third-order valence-electron chi connectivity index (χ3n) is 4.99. The predicted molar refractivity (Wildman–Crippen MR) is 111 cm³/mol. The van der Waals surface area contributed by atoms with Gasteiger partial charge in [0.2, 0.25) is 10.9 Å². The van der Waals surface area contributed by atoms with Gasteiger partial charge in [-0.05, 0) is 44.0 Å². The topological polar surface area (TPSA) is 50.5 Å². The molecule has 4 aromatic rings. The quantitative estimate of drug-likeness (QED) is 0.483. The molecule has 2 atom stereocenters. The van der Waals surface area contributed by atoms with E-state index in [1.807, 2.05) is 42.2 Å². The number of anilines is 1. The number of aromatic nitrogens is 3. The van der Waals surface area contributed by atoms with E-state index in [1.165, 1.54) is 22.0 Å². The van der Waals surface area contributed by atoms with Crippen LogP contribution in [0.2, 0.25) is 0 Å². The minimum Gasteiger partial charge on any atom is -0.308 e.